The summed E-state index contributed by atoms with van der Waals surface area (Å²) < 4.78 is 4.63. The molecule has 0 aliphatic heterocycles. The minimum Gasteiger partial charge on any atom is -0.372 e. The quantitative estimate of drug-likeness (QED) is 0.680. The molecule has 64 valence electrons. The molecule has 2 heteroatoms. The maximum absolute atomic E-state index is 5.03. The molecule has 2 nitrogen and oxygen atoms in total. The van der Waals surface area contributed by atoms with Crippen molar-refractivity contribution in [3.63, 3.8) is 0 Å². The van der Waals surface area contributed by atoms with Gasteiger partial charge < -0.3 is 4.74 Å². The monoisotopic (exact) mass is 163 g/mol. The Morgan fingerprint density at radius 3 is 2.83 bits per heavy atom. The summed E-state index contributed by atoms with van der Waals surface area (Å²) in [6.45, 7) is 4.63. The molecule has 0 amide bonds. The largest absolute Gasteiger partial charge is 0.372 e. The molecule has 0 aliphatic carbocycles. The average Bonchev–Trinajstić information content (AvgIpc) is 2.06. The number of hydrogen-bond acceptors (Lipinski definition) is 2. The molecule has 0 fully saturated rings. The van der Waals surface area contributed by atoms with E-state index in [1.54, 1.807) is 6.20 Å². The van der Waals surface area contributed by atoms with Crippen LogP contribution in [0.3, 0.4) is 0 Å². The minimum absolute atomic E-state index is 0.0665. The van der Waals surface area contributed by atoms with E-state index in [1.165, 1.54) is 0 Å². The van der Waals surface area contributed by atoms with Gasteiger partial charge in [0.1, 0.15) is 7.11 Å². The van der Waals surface area contributed by atoms with Crippen LogP contribution < -0.4 is 0 Å². The van der Waals surface area contributed by atoms with E-state index in [2.05, 4.69) is 23.6 Å². The summed E-state index contributed by atoms with van der Waals surface area (Å²) in [5, 5.41) is 0. The van der Waals surface area contributed by atoms with Crippen LogP contribution in [0, 0.1) is 7.11 Å². The molecule has 0 aliphatic rings. The number of hydrogen-bond donors (Lipinski definition) is 0. The smallest absolute Gasteiger partial charge is 0.115 e. The predicted octanol–water partition coefficient (Wildman–Crippen LogP) is 2.04. The van der Waals surface area contributed by atoms with Gasteiger partial charge in [-0.15, -0.1) is 0 Å². The van der Waals surface area contributed by atoms with Crippen molar-refractivity contribution in [2.45, 2.75) is 19.3 Å². The highest BCUT2D eigenvalue weighted by molar-refractivity contribution is 5.19. The fourth-order valence-corrected chi connectivity index (χ4v) is 1.05. The second kappa shape index (κ2) is 3.68. The number of nitrogens with zero attached hydrogens (tertiary/aromatic N) is 1. The first-order valence-electron chi connectivity index (χ1n) is 3.89. The maximum atomic E-state index is 5.03. The van der Waals surface area contributed by atoms with Crippen molar-refractivity contribution in [2.24, 2.45) is 0 Å². The highest BCUT2D eigenvalue weighted by atomic mass is 16.5. The molecule has 0 atom stereocenters. The molecule has 1 rings (SSSR count). The van der Waals surface area contributed by atoms with Crippen LogP contribution in [0.1, 0.15) is 19.4 Å². The zero-order chi connectivity index (χ0) is 9.03. The van der Waals surface area contributed by atoms with Gasteiger partial charge in [0.05, 0.1) is 6.61 Å². The molecular formula is C10H13NO. The van der Waals surface area contributed by atoms with Crippen LogP contribution in [0.25, 0.3) is 0 Å². The van der Waals surface area contributed by atoms with E-state index < -0.39 is 0 Å². The number of ether oxygens (including phenoxy) is 1. The first-order valence-corrected chi connectivity index (χ1v) is 3.89. The third-order valence-electron chi connectivity index (χ3n) is 1.89. The predicted molar refractivity (Wildman–Crippen MR) is 47.5 cm³/mol. The van der Waals surface area contributed by atoms with E-state index in [-0.39, 0.29) is 5.41 Å². The summed E-state index contributed by atoms with van der Waals surface area (Å²) in [4.78, 5) is 4.04. The lowest BCUT2D eigenvalue weighted by Crippen LogP contribution is -2.23. The highest BCUT2D eigenvalue weighted by Crippen LogP contribution is 2.21. The van der Waals surface area contributed by atoms with E-state index in [9.17, 15) is 0 Å². The van der Waals surface area contributed by atoms with Gasteiger partial charge in [0, 0.05) is 17.8 Å². The standard InChI is InChI=1S/C10H13NO/c1-10(2,8-12-3)9-5-4-6-11-7-9/h3-7H,8H2,1-2H3. The third-order valence-corrected chi connectivity index (χ3v) is 1.89. The van der Waals surface area contributed by atoms with Crippen molar-refractivity contribution in [3.05, 3.63) is 37.2 Å². The van der Waals surface area contributed by atoms with Crippen molar-refractivity contribution in [2.75, 3.05) is 6.61 Å². The lowest BCUT2D eigenvalue weighted by molar-refractivity contribution is 0.181. The number of pyridine rings is 1. The molecule has 2 radical (unpaired) electrons. The fraction of sp³-hybridized carbons (Fsp3) is 0.400. The van der Waals surface area contributed by atoms with E-state index in [4.69, 9.17) is 7.11 Å². The van der Waals surface area contributed by atoms with Crippen LogP contribution in [0.2, 0.25) is 0 Å². The zero-order valence-electron chi connectivity index (χ0n) is 7.45. The number of rotatable bonds is 3. The lowest BCUT2D eigenvalue weighted by atomic mass is 9.87. The van der Waals surface area contributed by atoms with E-state index in [0.717, 1.165) is 5.56 Å². The van der Waals surface area contributed by atoms with Gasteiger partial charge in [-0.3, -0.25) is 4.98 Å². The van der Waals surface area contributed by atoms with Crippen molar-refractivity contribution in [3.8, 4) is 0 Å². The first kappa shape index (κ1) is 9.20. The molecular weight excluding hydrogens is 150 g/mol. The Morgan fingerprint density at radius 1 is 1.58 bits per heavy atom. The Balaban J connectivity index is 2.82. The average molecular weight is 163 g/mol. The van der Waals surface area contributed by atoms with Gasteiger partial charge in [-0.05, 0) is 11.6 Å². The van der Waals surface area contributed by atoms with Crippen molar-refractivity contribution >= 4 is 0 Å². The van der Waals surface area contributed by atoms with Gasteiger partial charge in [-0.1, -0.05) is 19.9 Å². The van der Waals surface area contributed by atoms with Crippen LogP contribution in [0.4, 0.5) is 0 Å². The van der Waals surface area contributed by atoms with Crippen molar-refractivity contribution in [1.82, 2.24) is 4.98 Å². The summed E-state index contributed by atoms with van der Waals surface area (Å²) in [6.07, 6.45) is 3.59. The van der Waals surface area contributed by atoms with Crippen molar-refractivity contribution in [1.29, 1.82) is 0 Å². The SMILES string of the molecule is [CH]OCC(C)(C)c1cccnc1. The summed E-state index contributed by atoms with van der Waals surface area (Å²) >= 11 is 0. The van der Waals surface area contributed by atoms with E-state index >= 15 is 0 Å². The van der Waals surface area contributed by atoms with Crippen LogP contribution >= 0.6 is 0 Å². The summed E-state index contributed by atoms with van der Waals surface area (Å²) in [5.74, 6) is 0. The highest BCUT2D eigenvalue weighted by Gasteiger charge is 2.19. The van der Waals surface area contributed by atoms with Crippen molar-refractivity contribution < 1.29 is 4.74 Å². The normalized spacial score (nSPS) is 11.6. The summed E-state index contributed by atoms with van der Waals surface area (Å²) in [6, 6.07) is 3.93. The van der Waals surface area contributed by atoms with E-state index in [1.807, 2.05) is 18.3 Å². The minimum atomic E-state index is -0.0665. The first-order chi connectivity index (χ1) is 5.67. The molecule has 1 heterocycles. The van der Waals surface area contributed by atoms with Gasteiger partial charge >= 0.3 is 0 Å². The molecule has 12 heavy (non-hydrogen) atoms. The molecule has 0 saturated carbocycles. The van der Waals surface area contributed by atoms with Gasteiger partial charge in [-0.25, -0.2) is 0 Å². The summed E-state index contributed by atoms with van der Waals surface area (Å²) in [7, 11) is 5.03. The molecule has 0 saturated heterocycles. The lowest BCUT2D eigenvalue weighted by Gasteiger charge is -2.23. The Kier molecular flexibility index (Phi) is 2.82. The molecule has 0 unspecified atom stereocenters. The van der Waals surface area contributed by atoms with Crippen LogP contribution in [-0.4, -0.2) is 11.6 Å². The Morgan fingerprint density at radius 2 is 2.33 bits per heavy atom. The molecule has 0 aromatic carbocycles. The maximum Gasteiger partial charge on any atom is 0.115 e. The van der Waals surface area contributed by atoms with Crippen LogP contribution in [0.5, 0.6) is 0 Å². The molecule has 0 spiro atoms. The Labute approximate surface area is 73.6 Å². The molecule has 1 aromatic heterocycles. The second-order valence-corrected chi connectivity index (χ2v) is 3.44. The van der Waals surface area contributed by atoms with E-state index in [0.29, 0.717) is 6.61 Å². The van der Waals surface area contributed by atoms with Gasteiger partial charge in [-0.2, -0.15) is 0 Å². The second-order valence-electron chi connectivity index (χ2n) is 3.44. The van der Waals surface area contributed by atoms with Gasteiger partial charge in [0.2, 0.25) is 0 Å². The molecule has 0 N–H and O–H groups in total. The topological polar surface area (TPSA) is 22.1 Å². The molecule has 0 bridgehead atoms. The summed E-state index contributed by atoms with van der Waals surface area (Å²) in [5.41, 5.74) is 1.07. The van der Waals surface area contributed by atoms with Gasteiger partial charge in [0.15, 0.2) is 0 Å². The Hall–Kier alpha value is -0.890. The van der Waals surface area contributed by atoms with Crippen LogP contribution in [0.15, 0.2) is 24.5 Å². The fourth-order valence-electron chi connectivity index (χ4n) is 1.05. The van der Waals surface area contributed by atoms with Crippen LogP contribution in [-0.2, 0) is 10.2 Å². The Bertz CT molecular complexity index is 231. The zero-order valence-corrected chi connectivity index (χ0v) is 7.45. The molecule has 1 aromatic rings. The third kappa shape index (κ3) is 2.05. The number of aromatic nitrogens is 1. The van der Waals surface area contributed by atoms with Gasteiger partial charge in [0.25, 0.3) is 0 Å².